The lowest BCUT2D eigenvalue weighted by Crippen LogP contribution is -2.10. The molecular weight excluding hydrogens is 172 g/mol. The van der Waals surface area contributed by atoms with Crippen molar-refractivity contribution in [2.24, 2.45) is 5.92 Å². The van der Waals surface area contributed by atoms with Crippen LogP contribution in [-0.2, 0) is 4.79 Å². The Bertz CT molecular complexity index is 193. The van der Waals surface area contributed by atoms with E-state index in [1.165, 1.54) is 32.1 Å². The average molecular weight is 194 g/mol. The Hall–Kier alpha value is -0.590. The number of carbonyl (C=O) groups excluding carboxylic acids is 1. The quantitative estimate of drug-likeness (QED) is 0.607. The lowest BCUT2D eigenvalue weighted by Gasteiger charge is -2.11. The van der Waals surface area contributed by atoms with E-state index in [0.29, 0.717) is 11.7 Å². The molecular formula is C13H22O. The highest BCUT2D eigenvalue weighted by Crippen LogP contribution is 2.21. The lowest BCUT2D eigenvalue weighted by atomic mass is 9.93. The number of unbranched alkanes of at least 4 members (excludes halogenated alkanes) is 3. The molecule has 0 saturated carbocycles. The van der Waals surface area contributed by atoms with Crippen LogP contribution in [0.1, 0.15) is 58.3 Å². The first kappa shape index (κ1) is 11.5. The van der Waals surface area contributed by atoms with Gasteiger partial charge in [-0.1, -0.05) is 38.7 Å². The van der Waals surface area contributed by atoms with Gasteiger partial charge in [-0.3, -0.25) is 4.79 Å². The predicted molar refractivity (Wildman–Crippen MR) is 60.2 cm³/mol. The van der Waals surface area contributed by atoms with Crippen molar-refractivity contribution in [3.8, 4) is 0 Å². The minimum Gasteiger partial charge on any atom is -0.295 e. The zero-order valence-corrected chi connectivity index (χ0v) is 9.30. The number of allylic oxidation sites excluding steroid dienone is 2. The highest BCUT2D eigenvalue weighted by Gasteiger charge is 2.16. The van der Waals surface area contributed by atoms with E-state index in [1.54, 1.807) is 6.08 Å². The summed E-state index contributed by atoms with van der Waals surface area (Å²) in [5.74, 6) is 0.713. The van der Waals surface area contributed by atoms with Gasteiger partial charge in [-0.15, -0.1) is 0 Å². The summed E-state index contributed by atoms with van der Waals surface area (Å²) < 4.78 is 0. The van der Waals surface area contributed by atoms with Crippen molar-refractivity contribution < 1.29 is 4.79 Å². The van der Waals surface area contributed by atoms with E-state index in [4.69, 9.17) is 0 Å². The summed E-state index contributed by atoms with van der Waals surface area (Å²) >= 11 is 0. The minimum atomic E-state index is 0.339. The molecule has 0 heterocycles. The van der Waals surface area contributed by atoms with Crippen LogP contribution in [0.15, 0.2) is 12.2 Å². The molecule has 0 N–H and O–H groups in total. The minimum absolute atomic E-state index is 0.339. The highest BCUT2D eigenvalue weighted by molar-refractivity contribution is 5.91. The van der Waals surface area contributed by atoms with Gasteiger partial charge in [0.25, 0.3) is 0 Å². The fourth-order valence-corrected chi connectivity index (χ4v) is 2.06. The Morgan fingerprint density at radius 3 is 3.00 bits per heavy atom. The van der Waals surface area contributed by atoms with E-state index in [2.05, 4.69) is 6.92 Å². The monoisotopic (exact) mass is 194 g/mol. The van der Waals surface area contributed by atoms with Crippen molar-refractivity contribution in [2.45, 2.75) is 58.3 Å². The third-order valence-corrected chi connectivity index (χ3v) is 3.01. The first-order chi connectivity index (χ1) is 6.84. The normalized spacial score (nSPS) is 22.4. The summed E-state index contributed by atoms with van der Waals surface area (Å²) in [6, 6.07) is 0. The van der Waals surface area contributed by atoms with Crippen LogP contribution in [0.5, 0.6) is 0 Å². The Balaban J connectivity index is 2.21. The van der Waals surface area contributed by atoms with E-state index in [-0.39, 0.29) is 0 Å². The van der Waals surface area contributed by atoms with Crippen LogP contribution in [0.25, 0.3) is 0 Å². The maximum absolute atomic E-state index is 11.6. The van der Waals surface area contributed by atoms with Crippen LogP contribution in [-0.4, -0.2) is 5.78 Å². The second kappa shape index (κ2) is 6.80. The molecule has 0 aliphatic heterocycles. The maximum Gasteiger partial charge on any atom is 0.158 e. The van der Waals surface area contributed by atoms with E-state index >= 15 is 0 Å². The van der Waals surface area contributed by atoms with Crippen molar-refractivity contribution in [1.29, 1.82) is 0 Å². The summed E-state index contributed by atoms with van der Waals surface area (Å²) in [5, 5.41) is 0. The molecule has 0 fully saturated rings. The summed E-state index contributed by atoms with van der Waals surface area (Å²) in [7, 11) is 0. The second-order valence-electron chi connectivity index (χ2n) is 4.28. The van der Waals surface area contributed by atoms with Crippen molar-refractivity contribution in [3.63, 3.8) is 0 Å². The first-order valence-electron chi connectivity index (χ1n) is 6.05. The summed E-state index contributed by atoms with van der Waals surface area (Å²) in [6.45, 7) is 2.22. The molecule has 1 nitrogen and oxygen atoms in total. The Morgan fingerprint density at radius 2 is 2.21 bits per heavy atom. The largest absolute Gasteiger partial charge is 0.295 e. The van der Waals surface area contributed by atoms with Gasteiger partial charge < -0.3 is 0 Å². The van der Waals surface area contributed by atoms with Gasteiger partial charge in [-0.05, 0) is 31.8 Å². The van der Waals surface area contributed by atoms with Crippen LogP contribution in [0.3, 0.4) is 0 Å². The van der Waals surface area contributed by atoms with Crippen LogP contribution >= 0.6 is 0 Å². The molecule has 0 aromatic heterocycles. The SMILES string of the molecule is CCCCCCC1CCCC=CC1=O. The summed E-state index contributed by atoms with van der Waals surface area (Å²) in [5.41, 5.74) is 0. The number of carbonyl (C=O) groups is 1. The van der Waals surface area contributed by atoms with E-state index in [1.807, 2.05) is 6.08 Å². The molecule has 0 saturated heterocycles. The van der Waals surface area contributed by atoms with Crippen molar-refractivity contribution >= 4 is 5.78 Å². The molecule has 1 unspecified atom stereocenters. The van der Waals surface area contributed by atoms with Gasteiger partial charge in [-0.2, -0.15) is 0 Å². The molecule has 1 aliphatic rings. The molecule has 0 aromatic carbocycles. The second-order valence-corrected chi connectivity index (χ2v) is 4.28. The van der Waals surface area contributed by atoms with Crippen molar-refractivity contribution in [2.75, 3.05) is 0 Å². The number of ketones is 1. The molecule has 1 aliphatic carbocycles. The standard InChI is InChI=1S/C13H22O/c1-2-3-4-6-9-12-10-7-5-8-11-13(12)14/h8,11-12H,2-7,9-10H2,1H3. The third-order valence-electron chi connectivity index (χ3n) is 3.01. The Labute approximate surface area is 87.6 Å². The molecule has 1 heteroatoms. The van der Waals surface area contributed by atoms with Crippen molar-refractivity contribution in [3.05, 3.63) is 12.2 Å². The fourth-order valence-electron chi connectivity index (χ4n) is 2.06. The topological polar surface area (TPSA) is 17.1 Å². The average Bonchev–Trinajstić information content (AvgIpc) is 2.39. The van der Waals surface area contributed by atoms with E-state index in [9.17, 15) is 4.79 Å². The molecule has 80 valence electrons. The molecule has 0 bridgehead atoms. The molecule has 0 spiro atoms. The zero-order valence-electron chi connectivity index (χ0n) is 9.30. The van der Waals surface area contributed by atoms with Gasteiger partial charge in [0.2, 0.25) is 0 Å². The molecule has 0 aromatic rings. The van der Waals surface area contributed by atoms with Gasteiger partial charge in [0.05, 0.1) is 0 Å². The lowest BCUT2D eigenvalue weighted by molar-refractivity contribution is -0.118. The number of hydrogen-bond donors (Lipinski definition) is 0. The first-order valence-corrected chi connectivity index (χ1v) is 6.05. The van der Waals surface area contributed by atoms with Gasteiger partial charge >= 0.3 is 0 Å². The maximum atomic E-state index is 11.6. The van der Waals surface area contributed by atoms with Gasteiger partial charge in [0.1, 0.15) is 0 Å². The van der Waals surface area contributed by atoms with Crippen LogP contribution in [0.2, 0.25) is 0 Å². The molecule has 14 heavy (non-hydrogen) atoms. The van der Waals surface area contributed by atoms with Gasteiger partial charge in [0, 0.05) is 5.92 Å². The molecule has 1 rings (SSSR count). The van der Waals surface area contributed by atoms with E-state index < -0.39 is 0 Å². The Kier molecular flexibility index (Phi) is 5.58. The third kappa shape index (κ3) is 4.08. The van der Waals surface area contributed by atoms with Crippen molar-refractivity contribution in [1.82, 2.24) is 0 Å². The smallest absolute Gasteiger partial charge is 0.158 e. The number of rotatable bonds is 5. The predicted octanol–water partition coefficient (Wildman–Crippen LogP) is 3.88. The van der Waals surface area contributed by atoms with Gasteiger partial charge in [-0.25, -0.2) is 0 Å². The molecule has 0 radical (unpaired) electrons. The van der Waals surface area contributed by atoms with Crippen LogP contribution in [0, 0.1) is 5.92 Å². The van der Waals surface area contributed by atoms with E-state index in [0.717, 1.165) is 19.3 Å². The summed E-state index contributed by atoms with van der Waals surface area (Å²) in [6.07, 6.45) is 13.5. The highest BCUT2D eigenvalue weighted by atomic mass is 16.1. The van der Waals surface area contributed by atoms with Gasteiger partial charge in [0.15, 0.2) is 5.78 Å². The molecule has 0 amide bonds. The zero-order chi connectivity index (χ0) is 10.2. The van der Waals surface area contributed by atoms with Crippen LogP contribution in [0.4, 0.5) is 0 Å². The fraction of sp³-hybridized carbons (Fsp3) is 0.769. The molecule has 1 atom stereocenters. The number of hydrogen-bond acceptors (Lipinski definition) is 1. The Morgan fingerprint density at radius 1 is 1.36 bits per heavy atom. The summed E-state index contributed by atoms with van der Waals surface area (Å²) in [4.78, 5) is 11.6. The van der Waals surface area contributed by atoms with Crippen LogP contribution < -0.4 is 0 Å².